The molecule has 0 spiro atoms. The molecule has 1 aliphatic rings. The van der Waals surface area contributed by atoms with E-state index in [0.29, 0.717) is 0 Å². The van der Waals surface area contributed by atoms with Crippen LogP contribution in [-0.2, 0) is 6.42 Å². The average Bonchev–Trinajstić information content (AvgIpc) is 2.90. The van der Waals surface area contributed by atoms with E-state index in [4.69, 9.17) is 4.42 Å². The van der Waals surface area contributed by atoms with Gasteiger partial charge in [-0.05, 0) is 43.7 Å². The van der Waals surface area contributed by atoms with Crippen LogP contribution in [0, 0.1) is 6.92 Å². The first-order valence-corrected chi connectivity index (χ1v) is 7.48. The molecule has 0 aromatic carbocycles. The summed E-state index contributed by atoms with van der Waals surface area (Å²) in [5.41, 5.74) is 2.44. The molecule has 0 aliphatic heterocycles. The Bertz CT molecular complexity index is 513. The maximum Gasteiger partial charge on any atom is 0.194 e. The first kappa shape index (κ1) is 11.9. The summed E-state index contributed by atoms with van der Waals surface area (Å²) < 4.78 is 5.80. The lowest BCUT2D eigenvalue weighted by Gasteiger charge is -1.99. The van der Waals surface area contributed by atoms with Gasteiger partial charge in [0.05, 0.1) is 6.20 Å². The fourth-order valence-electron chi connectivity index (χ4n) is 2.00. The second-order valence-corrected chi connectivity index (χ2v) is 5.66. The van der Waals surface area contributed by atoms with Crippen LogP contribution < -0.4 is 5.32 Å². The summed E-state index contributed by atoms with van der Waals surface area (Å²) in [4.78, 5) is 4.36. The molecular formula is C14H18N2OS. The number of nitrogens with one attached hydrogen (secondary N) is 1. The van der Waals surface area contributed by atoms with Crippen LogP contribution in [0.25, 0.3) is 11.3 Å². The third-order valence-corrected chi connectivity index (χ3v) is 4.11. The Balaban J connectivity index is 1.54. The van der Waals surface area contributed by atoms with Crippen LogP contribution in [0.2, 0.25) is 0 Å². The van der Waals surface area contributed by atoms with Gasteiger partial charge in [0.1, 0.15) is 0 Å². The molecule has 2 heterocycles. The van der Waals surface area contributed by atoms with Crippen LogP contribution in [0.1, 0.15) is 30.7 Å². The van der Waals surface area contributed by atoms with Crippen molar-refractivity contribution in [2.24, 2.45) is 0 Å². The summed E-state index contributed by atoms with van der Waals surface area (Å²) in [5, 5.41) is 7.76. The van der Waals surface area contributed by atoms with E-state index in [9.17, 15) is 0 Å². The van der Waals surface area contributed by atoms with E-state index in [0.717, 1.165) is 37.1 Å². The molecule has 1 aliphatic carbocycles. The van der Waals surface area contributed by atoms with Gasteiger partial charge in [0, 0.05) is 23.4 Å². The molecule has 4 heteroatoms. The Kier molecular flexibility index (Phi) is 3.48. The van der Waals surface area contributed by atoms with Crippen LogP contribution in [0.4, 0.5) is 0 Å². The van der Waals surface area contributed by atoms with Crippen molar-refractivity contribution in [3.63, 3.8) is 0 Å². The molecule has 0 unspecified atom stereocenters. The lowest BCUT2D eigenvalue weighted by molar-refractivity contribution is 0.491. The Labute approximate surface area is 111 Å². The highest BCUT2D eigenvalue weighted by Crippen LogP contribution is 2.27. The summed E-state index contributed by atoms with van der Waals surface area (Å²) in [6.45, 7) is 3.17. The van der Waals surface area contributed by atoms with Crippen molar-refractivity contribution in [2.75, 3.05) is 6.54 Å². The van der Waals surface area contributed by atoms with Crippen molar-refractivity contribution in [1.82, 2.24) is 10.3 Å². The predicted molar refractivity (Wildman–Crippen MR) is 73.9 cm³/mol. The lowest BCUT2D eigenvalue weighted by atomic mass is 10.2. The second-order valence-electron chi connectivity index (χ2n) is 4.92. The first-order valence-electron chi connectivity index (χ1n) is 6.54. The SMILES string of the molecule is Cc1cscc1-c1cnc(CCCNC2CC2)o1. The van der Waals surface area contributed by atoms with Gasteiger partial charge in [0.25, 0.3) is 0 Å². The number of aromatic nitrogens is 1. The zero-order valence-electron chi connectivity index (χ0n) is 10.6. The largest absolute Gasteiger partial charge is 0.441 e. The molecule has 0 amide bonds. The van der Waals surface area contributed by atoms with Gasteiger partial charge >= 0.3 is 0 Å². The molecule has 2 aromatic rings. The molecule has 96 valence electrons. The van der Waals surface area contributed by atoms with Gasteiger partial charge in [-0.25, -0.2) is 4.98 Å². The Morgan fingerprint density at radius 1 is 1.44 bits per heavy atom. The number of hydrogen-bond acceptors (Lipinski definition) is 4. The van der Waals surface area contributed by atoms with Gasteiger partial charge in [0.15, 0.2) is 11.7 Å². The maximum atomic E-state index is 5.80. The van der Waals surface area contributed by atoms with Crippen molar-refractivity contribution in [2.45, 2.75) is 38.6 Å². The highest BCUT2D eigenvalue weighted by Gasteiger charge is 2.19. The molecule has 1 fully saturated rings. The summed E-state index contributed by atoms with van der Waals surface area (Å²) in [7, 11) is 0. The van der Waals surface area contributed by atoms with E-state index in [1.165, 1.54) is 24.0 Å². The molecule has 0 radical (unpaired) electrons. The Hall–Kier alpha value is -1.13. The summed E-state index contributed by atoms with van der Waals surface area (Å²) in [6, 6.07) is 0.790. The summed E-state index contributed by atoms with van der Waals surface area (Å²) in [5.74, 6) is 1.76. The highest BCUT2D eigenvalue weighted by molar-refractivity contribution is 7.08. The minimum atomic E-state index is 0.790. The highest BCUT2D eigenvalue weighted by atomic mass is 32.1. The van der Waals surface area contributed by atoms with Crippen molar-refractivity contribution < 1.29 is 4.42 Å². The maximum absolute atomic E-state index is 5.80. The molecule has 1 saturated carbocycles. The fourth-order valence-corrected chi connectivity index (χ4v) is 2.83. The first-order chi connectivity index (χ1) is 8.83. The molecular weight excluding hydrogens is 244 g/mol. The number of oxazole rings is 1. The third kappa shape index (κ3) is 2.82. The molecule has 18 heavy (non-hydrogen) atoms. The van der Waals surface area contributed by atoms with E-state index in [2.05, 4.69) is 28.0 Å². The molecule has 3 rings (SSSR count). The van der Waals surface area contributed by atoms with Crippen LogP contribution in [0.15, 0.2) is 21.4 Å². The quantitative estimate of drug-likeness (QED) is 0.811. The van der Waals surface area contributed by atoms with E-state index < -0.39 is 0 Å². The third-order valence-electron chi connectivity index (χ3n) is 3.25. The predicted octanol–water partition coefficient (Wildman–Crippen LogP) is 3.40. The summed E-state index contributed by atoms with van der Waals surface area (Å²) in [6.07, 6.45) is 6.56. The monoisotopic (exact) mass is 262 g/mol. The smallest absolute Gasteiger partial charge is 0.194 e. The van der Waals surface area contributed by atoms with E-state index in [1.54, 1.807) is 11.3 Å². The van der Waals surface area contributed by atoms with E-state index >= 15 is 0 Å². The van der Waals surface area contributed by atoms with Crippen LogP contribution in [0.5, 0.6) is 0 Å². The van der Waals surface area contributed by atoms with Gasteiger partial charge < -0.3 is 9.73 Å². The molecule has 0 saturated heterocycles. The number of rotatable bonds is 6. The molecule has 2 aromatic heterocycles. The minimum absolute atomic E-state index is 0.790. The lowest BCUT2D eigenvalue weighted by Crippen LogP contribution is -2.17. The standard InChI is InChI=1S/C14H18N2OS/c1-10-8-18-9-12(10)13-7-16-14(17-13)3-2-6-15-11-4-5-11/h7-9,11,15H,2-6H2,1H3. The topological polar surface area (TPSA) is 38.1 Å². The van der Waals surface area contributed by atoms with Crippen LogP contribution in [0.3, 0.4) is 0 Å². The minimum Gasteiger partial charge on any atom is -0.441 e. The molecule has 0 bridgehead atoms. The number of nitrogens with zero attached hydrogens (tertiary/aromatic N) is 1. The van der Waals surface area contributed by atoms with Crippen molar-refractivity contribution in [3.05, 3.63) is 28.4 Å². The second kappa shape index (κ2) is 5.24. The molecule has 1 N–H and O–H groups in total. The number of aryl methyl sites for hydroxylation is 2. The van der Waals surface area contributed by atoms with Gasteiger partial charge in [-0.15, -0.1) is 0 Å². The van der Waals surface area contributed by atoms with Gasteiger partial charge in [-0.1, -0.05) is 0 Å². The molecule has 3 nitrogen and oxygen atoms in total. The van der Waals surface area contributed by atoms with E-state index in [1.807, 2.05) is 6.20 Å². The van der Waals surface area contributed by atoms with Crippen molar-refractivity contribution >= 4 is 11.3 Å². The van der Waals surface area contributed by atoms with Gasteiger partial charge in [-0.3, -0.25) is 0 Å². The van der Waals surface area contributed by atoms with Gasteiger partial charge in [0.2, 0.25) is 0 Å². The normalized spacial score (nSPS) is 15.2. The molecule has 0 atom stereocenters. The number of thiophene rings is 1. The van der Waals surface area contributed by atoms with Crippen molar-refractivity contribution in [1.29, 1.82) is 0 Å². The van der Waals surface area contributed by atoms with Crippen LogP contribution in [-0.4, -0.2) is 17.6 Å². The van der Waals surface area contributed by atoms with Gasteiger partial charge in [-0.2, -0.15) is 11.3 Å². The summed E-state index contributed by atoms with van der Waals surface area (Å²) >= 11 is 1.70. The Morgan fingerprint density at radius 2 is 2.33 bits per heavy atom. The Morgan fingerprint density at radius 3 is 3.06 bits per heavy atom. The zero-order chi connectivity index (χ0) is 12.4. The fraction of sp³-hybridized carbons (Fsp3) is 0.500. The average molecular weight is 262 g/mol. The van der Waals surface area contributed by atoms with Crippen LogP contribution >= 0.6 is 11.3 Å². The van der Waals surface area contributed by atoms with E-state index in [-0.39, 0.29) is 0 Å². The zero-order valence-corrected chi connectivity index (χ0v) is 11.4. The number of hydrogen-bond donors (Lipinski definition) is 1. The van der Waals surface area contributed by atoms with Crippen molar-refractivity contribution in [3.8, 4) is 11.3 Å².